The van der Waals surface area contributed by atoms with E-state index in [-0.39, 0.29) is 43.5 Å². The maximum atomic E-state index is 11.9. The zero-order valence-corrected chi connectivity index (χ0v) is 10.5. The topological polar surface area (TPSA) is 95.0 Å². The Labute approximate surface area is 110 Å². The van der Waals surface area contributed by atoms with Crippen LogP contribution >= 0.6 is 0 Å². The summed E-state index contributed by atoms with van der Waals surface area (Å²) >= 11 is 0. The van der Waals surface area contributed by atoms with E-state index in [1.54, 1.807) is 0 Å². The second kappa shape index (κ2) is 5.38. The number of nitrogens with zero attached hydrogens (tertiary/aromatic N) is 2. The predicted molar refractivity (Wildman–Crippen MR) is 62.9 cm³/mol. The molecule has 2 aliphatic heterocycles. The second-order valence-corrected chi connectivity index (χ2v) is 4.77. The van der Waals surface area contributed by atoms with E-state index in [2.05, 4.69) is 0 Å². The third-order valence-corrected chi connectivity index (χ3v) is 3.56. The minimum atomic E-state index is -1.00. The summed E-state index contributed by atoms with van der Waals surface area (Å²) in [5, 5.41) is 8.98. The van der Waals surface area contributed by atoms with Crippen molar-refractivity contribution in [1.82, 2.24) is 9.80 Å². The lowest BCUT2D eigenvalue weighted by molar-refractivity contribution is -0.149. The number of amides is 3. The van der Waals surface area contributed by atoms with Crippen LogP contribution in [0.1, 0.15) is 32.1 Å². The molecule has 2 saturated heterocycles. The Hall–Kier alpha value is -1.92. The molecule has 2 rings (SSSR count). The number of carbonyl (C=O) groups is 4. The number of carboxylic acid groups (broad SMARTS) is 1. The lowest BCUT2D eigenvalue weighted by Gasteiger charge is -2.22. The van der Waals surface area contributed by atoms with Crippen LogP contribution in [-0.2, 0) is 19.2 Å². The second-order valence-electron chi connectivity index (χ2n) is 4.77. The van der Waals surface area contributed by atoms with Gasteiger partial charge in [-0.25, -0.2) is 4.79 Å². The monoisotopic (exact) mass is 268 g/mol. The molecular formula is C12H16N2O5. The number of carbonyl (C=O) groups excluding carboxylic acids is 3. The summed E-state index contributed by atoms with van der Waals surface area (Å²) in [6.07, 6.45) is 1.54. The summed E-state index contributed by atoms with van der Waals surface area (Å²) < 4.78 is 0. The summed E-state index contributed by atoms with van der Waals surface area (Å²) in [5.74, 6) is -1.82. The van der Waals surface area contributed by atoms with Crippen LogP contribution in [0.5, 0.6) is 0 Å². The maximum absolute atomic E-state index is 11.9. The van der Waals surface area contributed by atoms with Gasteiger partial charge in [0.1, 0.15) is 6.04 Å². The van der Waals surface area contributed by atoms with Crippen LogP contribution in [-0.4, -0.2) is 57.7 Å². The highest BCUT2D eigenvalue weighted by molar-refractivity contribution is 6.02. The Morgan fingerprint density at radius 3 is 2.42 bits per heavy atom. The number of likely N-dealkylation sites (tertiary alicyclic amines) is 2. The average Bonchev–Trinajstić information content (AvgIpc) is 2.95. The molecule has 0 spiro atoms. The molecule has 2 aliphatic rings. The van der Waals surface area contributed by atoms with Crippen LogP contribution in [0.4, 0.5) is 0 Å². The van der Waals surface area contributed by atoms with Crippen molar-refractivity contribution in [3.8, 4) is 0 Å². The highest BCUT2D eigenvalue weighted by Crippen LogP contribution is 2.19. The van der Waals surface area contributed by atoms with E-state index in [0.29, 0.717) is 19.4 Å². The van der Waals surface area contributed by atoms with Crippen molar-refractivity contribution in [3.05, 3.63) is 0 Å². The first-order valence-electron chi connectivity index (χ1n) is 6.36. The Bertz CT molecular complexity index is 418. The van der Waals surface area contributed by atoms with Crippen LogP contribution in [0.15, 0.2) is 0 Å². The van der Waals surface area contributed by atoms with Gasteiger partial charge in [-0.15, -0.1) is 0 Å². The molecule has 7 nitrogen and oxygen atoms in total. The van der Waals surface area contributed by atoms with Gasteiger partial charge in [0.05, 0.1) is 0 Å². The SMILES string of the molecule is O=C(O)C1CCCN1C(=O)CCN1C(=O)CCC1=O. The minimum Gasteiger partial charge on any atom is -0.480 e. The number of hydrogen-bond acceptors (Lipinski definition) is 4. The van der Waals surface area contributed by atoms with Crippen LogP contribution in [0.25, 0.3) is 0 Å². The van der Waals surface area contributed by atoms with Gasteiger partial charge in [-0.1, -0.05) is 0 Å². The largest absolute Gasteiger partial charge is 0.480 e. The van der Waals surface area contributed by atoms with Gasteiger partial charge in [-0.3, -0.25) is 19.3 Å². The van der Waals surface area contributed by atoms with Crippen LogP contribution < -0.4 is 0 Å². The molecule has 3 amide bonds. The molecular weight excluding hydrogens is 252 g/mol. The summed E-state index contributed by atoms with van der Waals surface area (Å²) in [5.41, 5.74) is 0. The standard InChI is InChI=1S/C12H16N2O5/c15-9-3-4-10(16)14(9)7-5-11(17)13-6-1-2-8(13)12(18)19/h8H,1-7H2,(H,18,19). The summed E-state index contributed by atoms with van der Waals surface area (Å²) in [4.78, 5) is 48.1. The molecule has 2 fully saturated rings. The van der Waals surface area contributed by atoms with Gasteiger partial charge in [0.2, 0.25) is 17.7 Å². The first kappa shape index (κ1) is 13.5. The molecule has 0 saturated carbocycles. The molecule has 19 heavy (non-hydrogen) atoms. The van der Waals surface area contributed by atoms with Gasteiger partial charge in [0.15, 0.2) is 0 Å². The molecule has 0 aromatic rings. The van der Waals surface area contributed by atoms with Crippen molar-refractivity contribution in [2.24, 2.45) is 0 Å². The quantitative estimate of drug-likeness (QED) is 0.700. The average molecular weight is 268 g/mol. The van der Waals surface area contributed by atoms with Crippen LogP contribution in [0.3, 0.4) is 0 Å². The zero-order chi connectivity index (χ0) is 14.0. The van der Waals surface area contributed by atoms with Crippen LogP contribution in [0.2, 0.25) is 0 Å². The molecule has 1 N–H and O–H groups in total. The van der Waals surface area contributed by atoms with E-state index in [1.165, 1.54) is 4.90 Å². The van der Waals surface area contributed by atoms with E-state index < -0.39 is 12.0 Å². The third-order valence-electron chi connectivity index (χ3n) is 3.56. The molecule has 0 aromatic carbocycles. The van der Waals surface area contributed by atoms with Gasteiger partial charge in [-0.2, -0.15) is 0 Å². The molecule has 0 aromatic heterocycles. The molecule has 1 unspecified atom stereocenters. The fourth-order valence-corrected chi connectivity index (χ4v) is 2.55. The summed E-state index contributed by atoms with van der Waals surface area (Å²) in [6, 6.07) is -0.766. The Morgan fingerprint density at radius 1 is 1.21 bits per heavy atom. The number of hydrogen-bond donors (Lipinski definition) is 1. The highest BCUT2D eigenvalue weighted by atomic mass is 16.4. The van der Waals surface area contributed by atoms with Crippen molar-refractivity contribution in [3.63, 3.8) is 0 Å². The molecule has 0 radical (unpaired) electrons. The first-order chi connectivity index (χ1) is 9.00. The molecule has 0 aliphatic carbocycles. The molecule has 2 heterocycles. The van der Waals surface area contributed by atoms with Crippen molar-refractivity contribution < 1.29 is 24.3 Å². The molecule has 7 heteroatoms. The summed E-state index contributed by atoms with van der Waals surface area (Å²) in [6.45, 7) is 0.483. The van der Waals surface area contributed by atoms with Gasteiger partial charge >= 0.3 is 5.97 Å². The first-order valence-corrected chi connectivity index (χ1v) is 6.36. The van der Waals surface area contributed by atoms with Crippen molar-refractivity contribution >= 4 is 23.7 Å². The summed E-state index contributed by atoms with van der Waals surface area (Å²) in [7, 11) is 0. The van der Waals surface area contributed by atoms with E-state index in [1.807, 2.05) is 0 Å². The Balaban J connectivity index is 1.89. The van der Waals surface area contributed by atoms with E-state index >= 15 is 0 Å². The van der Waals surface area contributed by atoms with Crippen LogP contribution in [0, 0.1) is 0 Å². The van der Waals surface area contributed by atoms with Gasteiger partial charge < -0.3 is 10.0 Å². The third kappa shape index (κ3) is 2.74. The lowest BCUT2D eigenvalue weighted by atomic mass is 10.2. The smallest absolute Gasteiger partial charge is 0.326 e. The maximum Gasteiger partial charge on any atom is 0.326 e. The van der Waals surface area contributed by atoms with Crippen molar-refractivity contribution in [1.29, 1.82) is 0 Å². The van der Waals surface area contributed by atoms with E-state index in [4.69, 9.17) is 5.11 Å². The number of imide groups is 1. The van der Waals surface area contributed by atoms with Gasteiger partial charge in [0.25, 0.3) is 0 Å². The number of aliphatic carboxylic acids is 1. The molecule has 104 valence electrons. The lowest BCUT2D eigenvalue weighted by Crippen LogP contribution is -2.42. The van der Waals surface area contributed by atoms with Crippen molar-refractivity contribution in [2.45, 2.75) is 38.1 Å². The van der Waals surface area contributed by atoms with E-state index in [9.17, 15) is 19.2 Å². The predicted octanol–water partition coefficient (Wildman–Crippen LogP) is -0.399. The van der Waals surface area contributed by atoms with Crippen molar-refractivity contribution in [2.75, 3.05) is 13.1 Å². The fraction of sp³-hybridized carbons (Fsp3) is 0.667. The number of rotatable bonds is 4. The number of carboxylic acids is 1. The van der Waals surface area contributed by atoms with Gasteiger partial charge in [0, 0.05) is 32.4 Å². The molecule has 0 bridgehead atoms. The normalized spacial score (nSPS) is 23.3. The Kier molecular flexibility index (Phi) is 3.82. The minimum absolute atomic E-state index is 0.00125. The van der Waals surface area contributed by atoms with Gasteiger partial charge in [-0.05, 0) is 12.8 Å². The Morgan fingerprint density at radius 2 is 1.84 bits per heavy atom. The van der Waals surface area contributed by atoms with E-state index in [0.717, 1.165) is 4.90 Å². The molecule has 1 atom stereocenters. The highest BCUT2D eigenvalue weighted by Gasteiger charge is 2.35. The fourth-order valence-electron chi connectivity index (χ4n) is 2.55. The zero-order valence-electron chi connectivity index (χ0n) is 10.5.